The largest absolute Gasteiger partial charge is 0.496 e. The summed E-state index contributed by atoms with van der Waals surface area (Å²) in [6.07, 6.45) is 9.54. The number of nitrogens with zero attached hydrogens (tertiary/aromatic N) is 1. The smallest absolute Gasteiger partial charge is 0.131 e. The lowest BCUT2D eigenvalue weighted by Gasteiger charge is -2.27. The highest BCUT2D eigenvalue weighted by Gasteiger charge is 2.23. The maximum absolute atomic E-state index is 6.05. The van der Waals surface area contributed by atoms with Crippen molar-refractivity contribution in [3.05, 3.63) is 125 Å². The van der Waals surface area contributed by atoms with Gasteiger partial charge in [0.25, 0.3) is 0 Å². The second kappa shape index (κ2) is 12.2. The number of hydrogen-bond acceptors (Lipinski definition) is 3. The lowest BCUT2D eigenvalue weighted by Crippen LogP contribution is -2.11. The molecular weight excluding hydrogens is 526 g/mol. The number of aryl methyl sites for hydroxylation is 2. The molecule has 0 radical (unpaired) electrons. The molecule has 0 N–H and O–H groups in total. The zero-order valence-electron chi connectivity index (χ0n) is 23.6. The fraction of sp³-hybridized carbons (Fsp3) is 0.216. The zero-order valence-corrected chi connectivity index (χ0v) is 24.3. The Morgan fingerprint density at radius 3 is 2.37 bits per heavy atom. The maximum Gasteiger partial charge on any atom is 0.131 e. The summed E-state index contributed by atoms with van der Waals surface area (Å²) >= 11 is 6.05. The van der Waals surface area contributed by atoms with E-state index in [-0.39, 0.29) is 0 Å². The van der Waals surface area contributed by atoms with E-state index >= 15 is 0 Å². The molecule has 1 aliphatic carbocycles. The van der Waals surface area contributed by atoms with Gasteiger partial charge >= 0.3 is 0 Å². The van der Waals surface area contributed by atoms with Crippen LogP contribution in [0.2, 0.25) is 5.02 Å². The first-order chi connectivity index (χ1) is 20.2. The number of benzene rings is 5. The first-order valence-corrected chi connectivity index (χ1v) is 14.7. The van der Waals surface area contributed by atoms with Crippen LogP contribution in [-0.4, -0.2) is 19.2 Å². The molecule has 5 aromatic carbocycles. The topological polar surface area (TPSA) is 31.4 Å². The van der Waals surface area contributed by atoms with Gasteiger partial charge in [0.05, 0.1) is 19.6 Å². The molecule has 1 aromatic heterocycles. The molecule has 7 rings (SSSR count). The molecule has 4 heteroatoms. The minimum absolute atomic E-state index is 0.593. The number of rotatable bonds is 5. The van der Waals surface area contributed by atoms with Crippen LogP contribution in [-0.2, 0) is 12.8 Å². The summed E-state index contributed by atoms with van der Waals surface area (Å²) in [7, 11) is 3.47. The van der Waals surface area contributed by atoms with Crippen LogP contribution in [0.25, 0.3) is 32.3 Å². The van der Waals surface area contributed by atoms with E-state index in [0.29, 0.717) is 5.92 Å². The Morgan fingerprint density at radius 2 is 1.59 bits per heavy atom. The minimum atomic E-state index is 0.593. The van der Waals surface area contributed by atoms with E-state index in [0.717, 1.165) is 34.7 Å². The van der Waals surface area contributed by atoms with Gasteiger partial charge in [0.2, 0.25) is 0 Å². The van der Waals surface area contributed by atoms with E-state index in [9.17, 15) is 0 Å². The number of aromatic nitrogens is 1. The van der Waals surface area contributed by atoms with Gasteiger partial charge in [0.1, 0.15) is 11.5 Å². The number of hydrogen-bond donors (Lipinski definition) is 0. The van der Waals surface area contributed by atoms with Gasteiger partial charge in [0.15, 0.2) is 0 Å². The number of fused-ring (bicyclic) bond motifs is 6. The van der Waals surface area contributed by atoms with E-state index in [1.54, 1.807) is 14.2 Å². The van der Waals surface area contributed by atoms with Crippen LogP contribution in [0.5, 0.6) is 11.5 Å². The van der Waals surface area contributed by atoms with Crippen LogP contribution in [0.15, 0.2) is 103 Å². The molecule has 0 spiro atoms. The quantitative estimate of drug-likeness (QED) is 0.197. The van der Waals surface area contributed by atoms with Gasteiger partial charge in [0, 0.05) is 17.4 Å². The summed E-state index contributed by atoms with van der Waals surface area (Å²) in [6.45, 7) is 0. The van der Waals surface area contributed by atoms with Crippen LogP contribution in [0.1, 0.15) is 41.9 Å². The van der Waals surface area contributed by atoms with Crippen molar-refractivity contribution in [3.63, 3.8) is 0 Å². The molecule has 1 heterocycles. The molecule has 0 fully saturated rings. The first kappa shape index (κ1) is 27.1. The second-order valence-corrected chi connectivity index (χ2v) is 11.1. The predicted octanol–water partition coefficient (Wildman–Crippen LogP) is 9.95. The highest BCUT2D eigenvalue weighted by atomic mass is 35.5. The van der Waals surface area contributed by atoms with E-state index < -0.39 is 0 Å². The molecule has 3 nitrogen and oxygen atoms in total. The summed E-state index contributed by atoms with van der Waals surface area (Å²) < 4.78 is 11.5. The molecule has 0 amide bonds. The van der Waals surface area contributed by atoms with Crippen molar-refractivity contribution >= 4 is 43.9 Å². The monoisotopic (exact) mass is 559 g/mol. The molecule has 206 valence electrons. The van der Waals surface area contributed by atoms with Gasteiger partial charge in [-0.2, -0.15) is 0 Å². The van der Waals surface area contributed by atoms with E-state index in [2.05, 4.69) is 59.6 Å². The van der Waals surface area contributed by atoms with E-state index in [4.69, 9.17) is 21.1 Å². The summed E-state index contributed by atoms with van der Waals surface area (Å²) in [5.74, 6) is 2.34. The average molecular weight is 560 g/mol. The van der Waals surface area contributed by atoms with Gasteiger partial charge in [-0.05, 0) is 112 Å². The molecule has 1 atom stereocenters. The lowest BCUT2D eigenvalue weighted by atomic mass is 9.77. The Bertz CT molecular complexity index is 1750. The number of ether oxygens (including phenoxy) is 2. The molecule has 0 saturated carbocycles. The summed E-state index contributed by atoms with van der Waals surface area (Å²) in [6, 6.07) is 31.6. The van der Waals surface area contributed by atoms with Crippen molar-refractivity contribution in [1.82, 2.24) is 4.98 Å². The lowest BCUT2D eigenvalue weighted by molar-refractivity contribution is 0.405. The maximum atomic E-state index is 6.05. The predicted molar refractivity (Wildman–Crippen MR) is 172 cm³/mol. The summed E-state index contributed by atoms with van der Waals surface area (Å²) in [4.78, 5) is 4.01. The van der Waals surface area contributed by atoms with Gasteiger partial charge in [-0.1, -0.05) is 72.3 Å². The van der Waals surface area contributed by atoms with Crippen LogP contribution in [0.3, 0.4) is 0 Å². The van der Waals surface area contributed by atoms with Crippen LogP contribution >= 0.6 is 11.6 Å². The second-order valence-electron chi connectivity index (χ2n) is 10.7. The third kappa shape index (κ3) is 5.60. The van der Waals surface area contributed by atoms with Crippen molar-refractivity contribution in [2.45, 2.75) is 38.0 Å². The molecule has 0 saturated heterocycles. The molecular formula is C37H34ClNO2. The van der Waals surface area contributed by atoms with E-state index in [1.807, 2.05) is 48.8 Å². The Balaban J connectivity index is 0.000000253. The Morgan fingerprint density at radius 1 is 0.780 bits per heavy atom. The molecule has 1 aliphatic rings. The highest BCUT2D eigenvalue weighted by molar-refractivity contribution is 6.30. The number of halogens is 1. The molecule has 6 aromatic rings. The average Bonchev–Trinajstić information content (AvgIpc) is 3.03. The third-order valence-corrected chi connectivity index (χ3v) is 8.59. The van der Waals surface area contributed by atoms with Gasteiger partial charge in [-0.25, -0.2) is 0 Å². The molecule has 0 unspecified atom stereocenters. The minimum Gasteiger partial charge on any atom is -0.496 e. The Kier molecular flexibility index (Phi) is 8.07. The van der Waals surface area contributed by atoms with Crippen LogP contribution in [0, 0.1) is 0 Å². The first-order valence-electron chi connectivity index (χ1n) is 14.3. The van der Waals surface area contributed by atoms with Gasteiger partial charge in [-0.15, -0.1) is 0 Å². The zero-order chi connectivity index (χ0) is 28.2. The fourth-order valence-corrected chi connectivity index (χ4v) is 6.41. The standard InChI is InChI=1S/C28H27ClO2.C9H7N/c1-30-26-8-4-7-24-23-16-15-21-19(12-9-18-10-13-20(29)14-11-18)5-3-6-22(21)25(23)17-27(31-2)28(24)26;1-2-4-9-7-10-6-5-8(9)3-1/h4,7-8,10-11,13-17,19H,3,5-6,9,12H2,1-2H3;1-7H/t19-;/m0./s1. The Hall–Kier alpha value is -4.08. The fourth-order valence-electron chi connectivity index (χ4n) is 6.29. The molecule has 0 aliphatic heterocycles. The normalized spacial score (nSPS) is 14.4. The van der Waals surface area contributed by atoms with Gasteiger partial charge < -0.3 is 9.47 Å². The third-order valence-electron chi connectivity index (χ3n) is 8.34. The van der Waals surface area contributed by atoms with Crippen LogP contribution in [0.4, 0.5) is 0 Å². The van der Waals surface area contributed by atoms with Crippen molar-refractivity contribution in [3.8, 4) is 11.5 Å². The molecule has 0 bridgehead atoms. The van der Waals surface area contributed by atoms with Crippen molar-refractivity contribution in [2.24, 2.45) is 0 Å². The number of pyridine rings is 1. The SMILES string of the molecule is COc1cccc2c1c(OC)cc1c3c(ccc12)[C@H](CCc1ccc(Cl)cc1)CCC3.c1ccc2cnccc2c1. The van der Waals surface area contributed by atoms with Crippen LogP contribution < -0.4 is 9.47 Å². The van der Waals surface area contributed by atoms with Crippen molar-refractivity contribution in [2.75, 3.05) is 14.2 Å². The number of methoxy groups -OCH3 is 2. The van der Waals surface area contributed by atoms with Crippen molar-refractivity contribution in [1.29, 1.82) is 0 Å². The Labute approximate surface area is 246 Å². The van der Waals surface area contributed by atoms with Crippen molar-refractivity contribution < 1.29 is 9.47 Å². The summed E-state index contributed by atoms with van der Waals surface area (Å²) in [5.41, 5.74) is 4.36. The van der Waals surface area contributed by atoms with E-state index in [1.165, 1.54) is 62.9 Å². The molecule has 41 heavy (non-hydrogen) atoms. The highest BCUT2D eigenvalue weighted by Crippen LogP contribution is 2.44. The van der Waals surface area contributed by atoms with Gasteiger partial charge in [-0.3, -0.25) is 4.98 Å². The summed E-state index contributed by atoms with van der Waals surface area (Å²) in [5, 5.41) is 8.10.